The van der Waals surface area contributed by atoms with Crippen LogP contribution in [-0.2, 0) is 16.7 Å². The Labute approximate surface area is 183 Å². The predicted molar refractivity (Wildman–Crippen MR) is 123 cm³/mol. The van der Waals surface area contributed by atoms with E-state index in [0.717, 1.165) is 50.1 Å². The number of hydrogen-bond donors (Lipinski definition) is 2. The predicted octanol–water partition coefficient (Wildman–Crippen LogP) is 3.87. The molecule has 2 N–H and O–H groups in total. The molecule has 2 aromatic rings. The summed E-state index contributed by atoms with van der Waals surface area (Å²) in [6, 6.07) is 10.8. The number of aliphatic imine (C=N–C) groups is 1. The van der Waals surface area contributed by atoms with Crippen molar-refractivity contribution < 1.29 is 4.74 Å². The number of nitrogens with one attached hydrogen (secondary N) is 2. The Morgan fingerprint density at radius 3 is 2.59 bits per heavy atom. The van der Waals surface area contributed by atoms with Gasteiger partial charge >= 0.3 is 0 Å². The van der Waals surface area contributed by atoms with Gasteiger partial charge in [0.05, 0.1) is 6.54 Å². The van der Waals surface area contributed by atoms with Crippen LogP contribution in [0.1, 0.15) is 35.2 Å². The molecule has 0 aliphatic carbocycles. The maximum atomic E-state index is 5.63. The molecule has 1 saturated heterocycles. The van der Waals surface area contributed by atoms with Gasteiger partial charge in [-0.1, -0.05) is 30.3 Å². The second-order valence-corrected chi connectivity index (χ2v) is 7.99. The Kier molecular flexibility index (Phi) is 8.98. The van der Waals surface area contributed by atoms with Crippen molar-refractivity contribution in [2.75, 3.05) is 26.3 Å². The Bertz CT molecular complexity index is 714. The van der Waals surface area contributed by atoms with Gasteiger partial charge in [0, 0.05) is 42.8 Å². The highest BCUT2D eigenvalue weighted by Crippen LogP contribution is 2.34. The van der Waals surface area contributed by atoms with Gasteiger partial charge < -0.3 is 15.4 Å². The van der Waals surface area contributed by atoms with E-state index in [9.17, 15) is 0 Å². The molecule has 0 unspecified atom stereocenters. The number of benzene rings is 1. The molecular formula is C20H29IN4OS. The van der Waals surface area contributed by atoms with E-state index in [0.29, 0.717) is 6.54 Å². The van der Waals surface area contributed by atoms with E-state index in [4.69, 9.17) is 9.73 Å². The number of thiazole rings is 1. The minimum absolute atomic E-state index is 0. The van der Waals surface area contributed by atoms with Crippen molar-refractivity contribution in [3.63, 3.8) is 0 Å². The molecule has 0 saturated carbocycles. The van der Waals surface area contributed by atoms with Crippen LogP contribution in [0.2, 0.25) is 0 Å². The monoisotopic (exact) mass is 500 g/mol. The Morgan fingerprint density at radius 1 is 1.22 bits per heavy atom. The van der Waals surface area contributed by atoms with Crippen LogP contribution in [0, 0.1) is 6.92 Å². The normalized spacial score (nSPS) is 16.4. The average Bonchev–Trinajstić information content (AvgIpc) is 3.11. The zero-order valence-electron chi connectivity index (χ0n) is 16.0. The second-order valence-electron chi connectivity index (χ2n) is 6.67. The van der Waals surface area contributed by atoms with Crippen molar-refractivity contribution in [3.05, 3.63) is 52.0 Å². The third-order valence-electron chi connectivity index (χ3n) is 4.82. The molecule has 148 valence electrons. The summed E-state index contributed by atoms with van der Waals surface area (Å²) in [4.78, 5) is 10.3. The zero-order valence-corrected chi connectivity index (χ0v) is 19.2. The Balaban J connectivity index is 0.00000261. The minimum Gasteiger partial charge on any atom is -0.381 e. The number of rotatable bonds is 6. The van der Waals surface area contributed by atoms with Gasteiger partial charge in [0.15, 0.2) is 5.96 Å². The van der Waals surface area contributed by atoms with E-state index >= 15 is 0 Å². The van der Waals surface area contributed by atoms with Crippen LogP contribution < -0.4 is 10.6 Å². The summed E-state index contributed by atoms with van der Waals surface area (Å²) in [6.45, 7) is 8.07. The molecule has 7 heteroatoms. The number of halogens is 1. The molecular weight excluding hydrogens is 471 g/mol. The van der Waals surface area contributed by atoms with E-state index in [1.165, 1.54) is 10.4 Å². The molecule has 1 aliphatic rings. The first-order valence-corrected chi connectivity index (χ1v) is 10.1. The maximum Gasteiger partial charge on any atom is 0.191 e. The van der Waals surface area contributed by atoms with Crippen molar-refractivity contribution in [2.24, 2.45) is 4.99 Å². The number of hydrogen-bond acceptors (Lipinski definition) is 4. The average molecular weight is 500 g/mol. The highest BCUT2D eigenvalue weighted by Gasteiger charge is 2.34. The molecule has 1 aromatic heterocycles. The molecule has 27 heavy (non-hydrogen) atoms. The lowest BCUT2D eigenvalue weighted by Crippen LogP contribution is -2.48. The second kappa shape index (κ2) is 11.0. The maximum absolute atomic E-state index is 5.63. The van der Waals surface area contributed by atoms with Gasteiger partial charge in [-0.15, -0.1) is 35.3 Å². The van der Waals surface area contributed by atoms with Gasteiger partial charge in [-0.3, -0.25) is 0 Å². The molecule has 0 atom stereocenters. The first-order valence-electron chi connectivity index (χ1n) is 9.29. The van der Waals surface area contributed by atoms with E-state index in [1.54, 1.807) is 11.3 Å². The number of nitrogens with zero attached hydrogens (tertiary/aromatic N) is 2. The quantitative estimate of drug-likeness (QED) is 0.359. The van der Waals surface area contributed by atoms with Crippen molar-refractivity contribution in [3.8, 4) is 0 Å². The van der Waals surface area contributed by atoms with E-state index in [-0.39, 0.29) is 29.4 Å². The largest absolute Gasteiger partial charge is 0.381 e. The lowest BCUT2D eigenvalue weighted by Gasteiger charge is -2.38. The summed E-state index contributed by atoms with van der Waals surface area (Å²) in [5.74, 6) is 0.849. The molecule has 2 heterocycles. The zero-order chi connectivity index (χ0) is 18.2. The molecule has 1 aromatic carbocycles. The lowest BCUT2D eigenvalue weighted by atomic mass is 9.74. The van der Waals surface area contributed by atoms with E-state index < -0.39 is 0 Å². The van der Waals surface area contributed by atoms with Crippen molar-refractivity contribution >= 4 is 41.3 Å². The summed E-state index contributed by atoms with van der Waals surface area (Å²) < 4.78 is 5.63. The summed E-state index contributed by atoms with van der Waals surface area (Å²) >= 11 is 1.70. The van der Waals surface area contributed by atoms with Crippen LogP contribution in [0.5, 0.6) is 0 Å². The number of aryl methyl sites for hydroxylation is 1. The van der Waals surface area contributed by atoms with E-state index in [2.05, 4.69) is 59.8 Å². The van der Waals surface area contributed by atoms with Crippen LogP contribution in [0.15, 0.2) is 41.5 Å². The summed E-state index contributed by atoms with van der Waals surface area (Å²) in [5.41, 5.74) is 1.47. The van der Waals surface area contributed by atoms with Crippen LogP contribution >= 0.6 is 35.3 Å². The Hall–Kier alpha value is -1.19. The van der Waals surface area contributed by atoms with Crippen molar-refractivity contribution in [2.45, 2.75) is 38.6 Å². The molecule has 5 nitrogen and oxygen atoms in total. The van der Waals surface area contributed by atoms with E-state index in [1.807, 2.05) is 6.20 Å². The molecule has 0 bridgehead atoms. The van der Waals surface area contributed by atoms with Crippen LogP contribution in [0.3, 0.4) is 0 Å². The molecule has 0 radical (unpaired) electrons. The lowest BCUT2D eigenvalue weighted by molar-refractivity contribution is 0.0514. The summed E-state index contributed by atoms with van der Waals surface area (Å²) in [6.07, 6.45) is 3.95. The van der Waals surface area contributed by atoms with Gasteiger partial charge in [0.2, 0.25) is 0 Å². The first kappa shape index (κ1) is 22.1. The van der Waals surface area contributed by atoms with Gasteiger partial charge in [0.25, 0.3) is 0 Å². The topological polar surface area (TPSA) is 58.5 Å². The first-order chi connectivity index (χ1) is 12.7. The smallest absolute Gasteiger partial charge is 0.191 e. The molecule has 0 amide bonds. The van der Waals surface area contributed by atoms with Gasteiger partial charge in [-0.2, -0.15) is 0 Å². The van der Waals surface area contributed by atoms with Crippen LogP contribution in [0.4, 0.5) is 0 Å². The summed E-state index contributed by atoms with van der Waals surface area (Å²) in [5, 5.41) is 7.96. The van der Waals surface area contributed by atoms with Gasteiger partial charge in [0.1, 0.15) is 5.01 Å². The number of aromatic nitrogens is 1. The molecule has 3 rings (SSSR count). The number of ether oxygens (including phenoxy) is 1. The fraction of sp³-hybridized carbons (Fsp3) is 0.500. The third kappa shape index (κ3) is 6.15. The molecule has 0 spiro atoms. The third-order valence-corrected chi connectivity index (χ3v) is 5.71. The molecule has 1 fully saturated rings. The highest BCUT2D eigenvalue weighted by atomic mass is 127. The van der Waals surface area contributed by atoms with Crippen LogP contribution in [0.25, 0.3) is 0 Å². The van der Waals surface area contributed by atoms with Crippen molar-refractivity contribution in [1.29, 1.82) is 0 Å². The minimum atomic E-state index is 0. The van der Waals surface area contributed by atoms with Crippen LogP contribution in [-0.4, -0.2) is 37.2 Å². The number of guanidine groups is 1. The fourth-order valence-electron chi connectivity index (χ4n) is 3.34. The fourth-order valence-corrected chi connectivity index (χ4v) is 4.05. The SMILES string of the molecule is CCNC(=NCc1ncc(C)s1)NCC1(c2ccccc2)CCOCC1.I. The van der Waals surface area contributed by atoms with Gasteiger partial charge in [-0.25, -0.2) is 9.98 Å². The Morgan fingerprint density at radius 2 is 1.96 bits per heavy atom. The van der Waals surface area contributed by atoms with Crippen molar-refractivity contribution in [1.82, 2.24) is 15.6 Å². The highest BCUT2D eigenvalue weighted by molar-refractivity contribution is 14.0. The van der Waals surface area contributed by atoms with Gasteiger partial charge in [-0.05, 0) is 32.3 Å². The standard InChI is InChI=1S/C20H28N4OS.HI/c1-3-21-19(23-14-18-22-13-16(2)26-18)24-15-20(9-11-25-12-10-20)17-7-5-4-6-8-17;/h4-8,13H,3,9-12,14-15H2,1-2H3,(H2,21,23,24);1H. The summed E-state index contributed by atoms with van der Waals surface area (Å²) in [7, 11) is 0. The molecule has 1 aliphatic heterocycles.